The van der Waals surface area contributed by atoms with E-state index in [1.807, 2.05) is 30.3 Å². The number of halogens is 1. The van der Waals surface area contributed by atoms with Crippen LogP contribution in [-0.2, 0) is 0 Å². The third-order valence-electron chi connectivity index (χ3n) is 2.93. The van der Waals surface area contributed by atoms with E-state index >= 15 is 0 Å². The Bertz CT molecular complexity index is 409. The number of hydrogen-bond donors (Lipinski definition) is 0. The van der Waals surface area contributed by atoms with Gasteiger partial charge in [-0.1, -0.05) is 36.7 Å². The summed E-state index contributed by atoms with van der Waals surface area (Å²) in [6.45, 7) is 5.36. The predicted octanol–water partition coefficient (Wildman–Crippen LogP) is 2.90. The zero-order valence-electron chi connectivity index (χ0n) is 10.5. The Morgan fingerprint density at radius 3 is 2.89 bits per heavy atom. The Hall–Kier alpha value is -1.19. The van der Waals surface area contributed by atoms with Crippen molar-refractivity contribution in [2.24, 2.45) is 0 Å². The average molecular weight is 268 g/mol. The van der Waals surface area contributed by atoms with Crippen molar-refractivity contribution in [3.8, 4) is 11.5 Å². The van der Waals surface area contributed by atoms with Gasteiger partial charge in [-0.2, -0.15) is 0 Å². The first-order chi connectivity index (χ1) is 8.83. The fourth-order valence-corrected chi connectivity index (χ4v) is 2.04. The largest absolute Gasteiger partial charge is 0.486 e. The minimum Gasteiger partial charge on any atom is -0.486 e. The molecule has 3 nitrogen and oxygen atoms in total. The van der Waals surface area contributed by atoms with Crippen LogP contribution in [0.25, 0.3) is 0 Å². The molecule has 0 saturated carbocycles. The summed E-state index contributed by atoms with van der Waals surface area (Å²) in [4.78, 5) is 2.26. The highest BCUT2D eigenvalue weighted by Crippen LogP contribution is 2.30. The number of rotatable bonds is 5. The number of hydrogen-bond acceptors (Lipinski definition) is 3. The molecule has 0 bridgehead atoms. The second kappa shape index (κ2) is 6.66. The van der Waals surface area contributed by atoms with Gasteiger partial charge in [0.1, 0.15) is 12.7 Å². The number of nitrogens with zero attached hydrogens (tertiary/aromatic N) is 1. The summed E-state index contributed by atoms with van der Waals surface area (Å²) in [5.74, 6) is 1.66. The molecule has 0 fully saturated rings. The van der Waals surface area contributed by atoms with Gasteiger partial charge >= 0.3 is 0 Å². The lowest BCUT2D eigenvalue weighted by molar-refractivity contribution is 0.0631. The van der Waals surface area contributed by atoms with Crippen molar-refractivity contribution >= 4 is 11.6 Å². The Balaban J connectivity index is 1.92. The zero-order valence-corrected chi connectivity index (χ0v) is 11.3. The maximum absolute atomic E-state index is 5.92. The normalized spacial score (nSPS) is 18.5. The standard InChI is InChI=1S/C14H18ClNO2/c1-2-16(9-5-8-15)10-12-11-17-13-6-3-4-7-14(13)18-12/h3-8,12H,2,9-11H2,1H3/b8-5+. The second-order valence-electron chi connectivity index (χ2n) is 4.21. The summed E-state index contributed by atoms with van der Waals surface area (Å²) < 4.78 is 11.6. The molecular formula is C14H18ClNO2. The molecule has 0 aliphatic carbocycles. The van der Waals surface area contributed by atoms with Crippen LogP contribution in [0.2, 0.25) is 0 Å². The van der Waals surface area contributed by atoms with Gasteiger partial charge in [-0.25, -0.2) is 0 Å². The highest BCUT2D eigenvalue weighted by Gasteiger charge is 2.22. The SMILES string of the molecule is CCN(C/C=C/Cl)CC1COc2ccccc2O1. The van der Waals surface area contributed by atoms with Crippen molar-refractivity contribution in [3.63, 3.8) is 0 Å². The molecule has 0 radical (unpaired) electrons. The number of fused-ring (bicyclic) bond motifs is 1. The van der Waals surface area contributed by atoms with Gasteiger partial charge in [0, 0.05) is 18.6 Å². The Labute approximate surface area is 113 Å². The van der Waals surface area contributed by atoms with Crippen LogP contribution in [0.3, 0.4) is 0 Å². The van der Waals surface area contributed by atoms with E-state index in [0.29, 0.717) is 6.61 Å². The van der Waals surface area contributed by atoms with E-state index in [9.17, 15) is 0 Å². The Morgan fingerprint density at radius 2 is 2.17 bits per heavy atom. The van der Waals surface area contributed by atoms with E-state index in [4.69, 9.17) is 21.1 Å². The number of para-hydroxylation sites is 2. The molecule has 1 aromatic rings. The molecule has 1 heterocycles. The van der Waals surface area contributed by atoms with Gasteiger partial charge in [0.25, 0.3) is 0 Å². The minimum atomic E-state index is 0.0728. The lowest BCUT2D eigenvalue weighted by Gasteiger charge is -2.30. The summed E-state index contributed by atoms with van der Waals surface area (Å²) in [6, 6.07) is 7.78. The summed E-state index contributed by atoms with van der Waals surface area (Å²) >= 11 is 5.55. The quantitative estimate of drug-likeness (QED) is 0.819. The number of likely N-dealkylation sites (N-methyl/N-ethyl adjacent to an activating group) is 1. The van der Waals surface area contributed by atoms with Crippen LogP contribution in [0.4, 0.5) is 0 Å². The van der Waals surface area contributed by atoms with E-state index in [1.54, 1.807) is 5.54 Å². The second-order valence-corrected chi connectivity index (χ2v) is 4.46. The molecule has 0 N–H and O–H groups in total. The molecule has 0 aromatic heterocycles. The first-order valence-electron chi connectivity index (χ1n) is 6.19. The summed E-state index contributed by atoms with van der Waals surface area (Å²) in [7, 11) is 0. The molecule has 4 heteroatoms. The average Bonchev–Trinajstić information content (AvgIpc) is 2.43. The fourth-order valence-electron chi connectivity index (χ4n) is 1.96. The monoisotopic (exact) mass is 267 g/mol. The molecule has 2 rings (SSSR count). The molecule has 98 valence electrons. The molecule has 1 aliphatic heterocycles. The third-order valence-corrected chi connectivity index (χ3v) is 3.11. The van der Waals surface area contributed by atoms with Crippen LogP contribution in [-0.4, -0.2) is 37.2 Å². The lowest BCUT2D eigenvalue weighted by Crippen LogP contribution is -2.41. The van der Waals surface area contributed by atoms with Crippen molar-refractivity contribution in [1.82, 2.24) is 4.90 Å². The van der Waals surface area contributed by atoms with Gasteiger partial charge in [-0.3, -0.25) is 4.90 Å². The molecule has 0 spiro atoms. The van der Waals surface area contributed by atoms with Gasteiger partial charge in [0.05, 0.1) is 0 Å². The molecule has 18 heavy (non-hydrogen) atoms. The van der Waals surface area contributed by atoms with E-state index in [1.165, 1.54) is 0 Å². The van der Waals surface area contributed by atoms with Gasteiger partial charge < -0.3 is 9.47 Å². The van der Waals surface area contributed by atoms with E-state index in [-0.39, 0.29) is 6.10 Å². The molecule has 1 aromatic carbocycles. The molecule has 1 unspecified atom stereocenters. The topological polar surface area (TPSA) is 21.7 Å². The first-order valence-corrected chi connectivity index (χ1v) is 6.63. The maximum Gasteiger partial charge on any atom is 0.161 e. The van der Waals surface area contributed by atoms with E-state index in [0.717, 1.165) is 31.1 Å². The van der Waals surface area contributed by atoms with Gasteiger partial charge in [0.2, 0.25) is 0 Å². The van der Waals surface area contributed by atoms with Gasteiger partial charge in [0.15, 0.2) is 11.5 Å². The lowest BCUT2D eigenvalue weighted by atomic mass is 10.2. The van der Waals surface area contributed by atoms with Crippen LogP contribution in [0.15, 0.2) is 35.9 Å². The highest BCUT2D eigenvalue weighted by molar-refractivity contribution is 6.25. The molecule has 1 aliphatic rings. The number of ether oxygens (including phenoxy) is 2. The van der Waals surface area contributed by atoms with Crippen molar-refractivity contribution in [2.45, 2.75) is 13.0 Å². The zero-order chi connectivity index (χ0) is 12.8. The first kappa shape index (κ1) is 13.2. The molecule has 0 saturated heterocycles. The van der Waals surface area contributed by atoms with Crippen LogP contribution in [0, 0.1) is 0 Å². The maximum atomic E-state index is 5.92. The van der Waals surface area contributed by atoms with Gasteiger partial charge in [-0.15, -0.1) is 0 Å². The smallest absolute Gasteiger partial charge is 0.161 e. The van der Waals surface area contributed by atoms with Crippen LogP contribution >= 0.6 is 11.6 Å². The Morgan fingerprint density at radius 1 is 1.39 bits per heavy atom. The van der Waals surface area contributed by atoms with Crippen LogP contribution in [0.1, 0.15) is 6.92 Å². The van der Waals surface area contributed by atoms with Gasteiger partial charge in [-0.05, 0) is 18.7 Å². The van der Waals surface area contributed by atoms with Crippen LogP contribution < -0.4 is 9.47 Å². The van der Waals surface area contributed by atoms with Crippen LogP contribution in [0.5, 0.6) is 11.5 Å². The highest BCUT2D eigenvalue weighted by atomic mass is 35.5. The predicted molar refractivity (Wildman–Crippen MR) is 73.5 cm³/mol. The summed E-state index contributed by atoms with van der Waals surface area (Å²) in [5.41, 5.74) is 1.55. The van der Waals surface area contributed by atoms with Crippen molar-refractivity contribution in [2.75, 3.05) is 26.2 Å². The van der Waals surface area contributed by atoms with E-state index in [2.05, 4.69) is 11.8 Å². The van der Waals surface area contributed by atoms with E-state index < -0.39 is 0 Å². The van der Waals surface area contributed by atoms with Crippen molar-refractivity contribution < 1.29 is 9.47 Å². The molecular weight excluding hydrogens is 250 g/mol. The third kappa shape index (κ3) is 3.40. The minimum absolute atomic E-state index is 0.0728. The number of benzene rings is 1. The van der Waals surface area contributed by atoms with Crippen molar-refractivity contribution in [3.05, 3.63) is 35.9 Å². The Kier molecular flexibility index (Phi) is 4.90. The van der Waals surface area contributed by atoms with Crippen molar-refractivity contribution in [1.29, 1.82) is 0 Å². The summed E-state index contributed by atoms with van der Waals surface area (Å²) in [5, 5.41) is 0. The fraction of sp³-hybridized carbons (Fsp3) is 0.429. The summed E-state index contributed by atoms with van der Waals surface area (Å²) in [6.07, 6.45) is 2.01. The molecule has 1 atom stereocenters. The molecule has 0 amide bonds.